The lowest BCUT2D eigenvalue weighted by Gasteiger charge is -2.09. The fraction of sp³-hybridized carbons (Fsp3) is 0.214. The highest BCUT2D eigenvalue weighted by atomic mass is 32.9. The standard InChI is InChI=1S/C14H13N3O4S2/c1-7-4-3-5-8(6-7)16-11(19)10(18)9(13(20)21-2)12-17-14(15)23-22-12/h3-6,9,15H,1-2H3,(H,16,19)/p+1. The zero-order valence-electron chi connectivity index (χ0n) is 12.4. The Morgan fingerprint density at radius 1 is 1.30 bits per heavy atom. The van der Waals surface area contributed by atoms with Crippen LogP contribution in [0.25, 0.3) is 0 Å². The monoisotopic (exact) mass is 352 g/mol. The summed E-state index contributed by atoms with van der Waals surface area (Å²) >= 11 is 0. The number of hydrogen-bond donors (Lipinski definition) is 2. The lowest BCUT2D eigenvalue weighted by atomic mass is 10.0. The summed E-state index contributed by atoms with van der Waals surface area (Å²) < 4.78 is 4.61. The maximum Gasteiger partial charge on any atom is 0.384 e. The summed E-state index contributed by atoms with van der Waals surface area (Å²) in [4.78, 5) is 40.5. The summed E-state index contributed by atoms with van der Waals surface area (Å²) in [5.41, 5.74) is 1.39. The maximum absolute atomic E-state index is 12.4. The number of aromatic nitrogens is 1. The van der Waals surface area contributed by atoms with Crippen molar-refractivity contribution in [3.8, 4) is 0 Å². The number of rotatable bonds is 5. The van der Waals surface area contributed by atoms with Crippen LogP contribution < -0.4 is 15.5 Å². The van der Waals surface area contributed by atoms with Gasteiger partial charge in [0.25, 0.3) is 5.91 Å². The Bertz CT molecular complexity index is 812. The van der Waals surface area contributed by atoms with Crippen molar-refractivity contribution in [1.82, 2.24) is 4.98 Å². The van der Waals surface area contributed by atoms with Gasteiger partial charge in [-0.15, -0.1) is 0 Å². The predicted molar refractivity (Wildman–Crippen MR) is 84.6 cm³/mol. The molecule has 9 heteroatoms. The summed E-state index contributed by atoms with van der Waals surface area (Å²) in [7, 11) is 3.31. The van der Waals surface area contributed by atoms with Gasteiger partial charge in [0.15, 0.2) is 0 Å². The van der Waals surface area contributed by atoms with E-state index >= 15 is 0 Å². The molecule has 3 N–H and O–H groups in total. The summed E-state index contributed by atoms with van der Waals surface area (Å²) in [6, 6.07) is 6.96. The van der Waals surface area contributed by atoms with Gasteiger partial charge in [0.05, 0.1) is 7.11 Å². The molecule has 1 unspecified atom stereocenters. The molecule has 120 valence electrons. The van der Waals surface area contributed by atoms with Gasteiger partial charge in [-0.05, 0) is 39.9 Å². The number of hydrogen-bond acceptors (Lipinski definition) is 7. The molecule has 1 atom stereocenters. The van der Waals surface area contributed by atoms with E-state index in [4.69, 9.17) is 5.41 Å². The molecule has 0 spiro atoms. The van der Waals surface area contributed by atoms with Crippen LogP contribution in [0.5, 0.6) is 0 Å². The molecule has 1 heterocycles. The molecular weight excluding hydrogens is 338 g/mol. The van der Waals surface area contributed by atoms with Gasteiger partial charge in [0.1, 0.15) is 0 Å². The molecule has 0 saturated heterocycles. The van der Waals surface area contributed by atoms with Crippen molar-refractivity contribution in [1.29, 1.82) is 0 Å². The quantitative estimate of drug-likeness (QED) is 0.330. The predicted octanol–water partition coefficient (Wildman–Crippen LogP) is -0.363. The topological polar surface area (TPSA) is 111 Å². The van der Waals surface area contributed by atoms with Gasteiger partial charge in [-0.2, -0.15) is 0 Å². The van der Waals surface area contributed by atoms with Gasteiger partial charge in [0.2, 0.25) is 16.7 Å². The van der Waals surface area contributed by atoms with E-state index in [0.717, 1.165) is 33.4 Å². The van der Waals surface area contributed by atoms with Crippen LogP contribution in [-0.4, -0.2) is 29.8 Å². The van der Waals surface area contributed by atoms with Crippen LogP contribution in [0, 0.1) is 6.92 Å². The Labute approximate surface area is 138 Å². The Kier molecular flexibility index (Phi) is 5.35. The number of amides is 1. The van der Waals surface area contributed by atoms with Crippen molar-refractivity contribution in [3.05, 3.63) is 39.6 Å². The normalized spacial score (nSPS) is 11.6. The number of nitrogens with zero attached hydrogens (tertiary/aromatic N) is 1. The third-order valence-corrected chi connectivity index (χ3v) is 5.00. The minimum atomic E-state index is -1.41. The number of carbonyl (C=O) groups excluding carboxylic acids is 3. The van der Waals surface area contributed by atoms with E-state index in [0.29, 0.717) is 5.69 Å². The Morgan fingerprint density at radius 3 is 2.61 bits per heavy atom. The summed E-state index contributed by atoms with van der Waals surface area (Å²) in [6.45, 7) is 1.86. The second-order valence-corrected chi connectivity index (χ2v) is 6.77. The van der Waals surface area contributed by atoms with Crippen LogP contribution in [-0.2, 0) is 19.1 Å². The second kappa shape index (κ2) is 7.25. The number of ketones is 1. The molecule has 0 radical (unpaired) electrons. The first-order valence-electron chi connectivity index (χ1n) is 6.47. The van der Waals surface area contributed by atoms with Gasteiger partial charge in [-0.1, -0.05) is 12.1 Å². The molecule has 0 fully saturated rings. The number of ether oxygens (including phenoxy) is 1. The molecule has 0 saturated carbocycles. The number of Topliss-reactive ketones (excluding diaryl/α,β-unsaturated/α-hetero) is 1. The number of esters is 1. The van der Waals surface area contributed by atoms with Crippen LogP contribution >= 0.6 is 20.7 Å². The smallest absolute Gasteiger partial charge is 0.384 e. The highest BCUT2D eigenvalue weighted by Gasteiger charge is 2.39. The van der Waals surface area contributed by atoms with Crippen LogP contribution in [0.15, 0.2) is 24.3 Å². The Morgan fingerprint density at radius 2 is 2.04 bits per heavy atom. The van der Waals surface area contributed by atoms with Gasteiger partial charge in [0, 0.05) is 16.0 Å². The van der Waals surface area contributed by atoms with E-state index in [1.165, 1.54) is 0 Å². The van der Waals surface area contributed by atoms with Crippen molar-refractivity contribution >= 4 is 44.0 Å². The molecule has 2 aromatic rings. The SMILES string of the molecule is COC(=O)C(C(=O)C(=O)Nc1cccc(C)c1)c1nc(=[NH2+])ss1. The molecule has 7 nitrogen and oxygen atoms in total. The van der Waals surface area contributed by atoms with Crippen LogP contribution in [0.1, 0.15) is 16.5 Å². The van der Waals surface area contributed by atoms with E-state index in [9.17, 15) is 14.4 Å². The first-order valence-corrected chi connectivity index (χ1v) is 8.62. The number of nitrogens with one attached hydrogen (secondary N) is 1. The third-order valence-electron chi connectivity index (χ3n) is 2.88. The average molecular weight is 352 g/mol. The maximum atomic E-state index is 12.4. The number of aryl methyl sites for hydroxylation is 1. The van der Waals surface area contributed by atoms with Gasteiger partial charge in [-0.3, -0.25) is 19.8 Å². The zero-order valence-corrected chi connectivity index (χ0v) is 14.0. The summed E-state index contributed by atoms with van der Waals surface area (Å²) in [5.74, 6) is -4.12. The molecule has 0 bridgehead atoms. The molecule has 1 aromatic carbocycles. The van der Waals surface area contributed by atoms with Crippen LogP contribution in [0.2, 0.25) is 0 Å². The first-order chi connectivity index (χ1) is 10.9. The fourth-order valence-electron chi connectivity index (χ4n) is 1.83. The van der Waals surface area contributed by atoms with Crippen LogP contribution in [0.4, 0.5) is 5.69 Å². The highest BCUT2D eigenvalue weighted by molar-refractivity contribution is 7.68. The lowest BCUT2D eigenvalue weighted by molar-refractivity contribution is -0.172. The highest BCUT2D eigenvalue weighted by Crippen LogP contribution is 2.22. The second-order valence-electron chi connectivity index (χ2n) is 4.60. The number of nitrogens with two attached hydrogens (primary N) is 1. The lowest BCUT2D eigenvalue weighted by Crippen LogP contribution is -2.44. The Balaban J connectivity index is 2.24. The van der Waals surface area contributed by atoms with Crippen molar-refractivity contribution < 1.29 is 24.5 Å². The van der Waals surface area contributed by atoms with Crippen molar-refractivity contribution in [2.24, 2.45) is 0 Å². The van der Waals surface area contributed by atoms with E-state index in [1.807, 2.05) is 13.0 Å². The van der Waals surface area contributed by atoms with Crippen molar-refractivity contribution in [2.75, 3.05) is 12.4 Å². The van der Waals surface area contributed by atoms with Crippen molar-refractivity contribution in [3.63, 3.8) is 0 Å². The molecule has 1 amide bonds. The fourth-order valence-corrected chi connectivity index (χ4v) is 3.65. The molecule has 0 aliphatic heterocycles. The average Bonchev–Trinajstić information content (AvgIpc) is 2.93. The largest absolute Gasteiger partial charge is 0.468 e. The Hall–Kier alpha value is -2.39. The van der Waals surface area contributed by atoms with Gasteiger partial charge in [-0.25, -0.2) is 0 Å². The number of methoxy groups -OCH3 is 1. The van der Waals surface area contributed by atoms with Gasteiger partial charge < -0.3 is 10.1 Å². The molecule has 23 heavy (non-hydrogen) atoms. The minimum absolute atomic E-state index is 0.142. The van der Waals surface area contributed by atoms with E-state index in [2.05, 4.69) is 15.0 Å². The summed E-state index contributed by atoms with van der Waals surface area (Å²) in [5, 5.41) is 8.14. The molecule has 2 rings (SSSR count). The third kappa shape index (κ3) is 4.08. The minimum Gasteiger partial charge on any atom is -0.468 e. The van der Waals surface area contributed by atoms with Crippen LogP contribution in [0.3, 0.4) is 0 Å². The van der Waals surface area contributed by atoms with E-state index < -0.39 is 23.6 Å². The first kappa shape index (κ1) is 17.0. The molecule has 0 aliphatic rings. The molecule has 0 aliphatic carbocycles. The van der Waals surface area contributed by atoms with E-state index in [-0.39, 0.29) is 9.81 Å². The van der Waals surface area contributed by atoms with Crippen molar-refractivity contribution in [2.45, 2.75) is 12.8 Å². The van der Waals surface area contributed by atoms with Gasteiger partial charge >= 0.3 is 10.8 Å². The zero-order chi connectivity index (χ0) is 17.0. The molecule has 1 aromatic heterocycles. The van der Waals surface area contributed by atoms with E-state index in [1.54, 1.807) is 18.2 Å². The number of benzene rings is 1. The number of carbonyl (C=O) groups is 3. The summed E-state index contributed by atoms with van der Waals surface area (Å²) in [6.07, 6.45) is 0. The number of anilines is 1. The molecular formula is C14H14N3O4S2+.